The van der Waals surface area contributed by atoms with E-state index in [1.165, 1.54) is 0 Å². The van der Waals surface area contributed by atoms with Crippen LogP contribution in [0.3, 0.4) is 0 Å². The largest absolute Gasteiger partial charge is 0.381 e. The molecule has 5 heteroatoms. The summed E-state index contributed by atoms with van der Waals surface area (Å²) in [6, 6.07) is -0.359. The van der Waals surface area contributed by atoms with Crippen LogP contribution in [0.1, 0.15) is 40.5 Å². The lowest BCUT2D eigenvalue weighted by atomic mass is 9.87. The maximum atomic E-state index is 12.8. The smallest absolute Gasteiger partial charge is 0.248 e. The summed E-state index contributed by atoms with van der Waals surface area (Å²) in [5.74, 6) is 0.489. The van der Waals surface area contributed by atoms with Crippen molar-refractivity contribution >= 4 is 11.8 Å². The monoisotopic (exact) mass is 282 g/mol. The zero-order valence-electron chi connectivity index (χ0n) is 12.9. The van der Waals surface area contributed by atoms with Gasteiger partial charge in [-0.1, -0.05) is 20.8 Å². The number of ether oxygens (including phenoxy) is 1. The van der Waals surface area contributed by atoms with E-state index in [4.69, 9.17) is 4.74 Å². The third-order valence-corrected chi connectivity index (χ3v) is 4.55. The summed E-state index contributed by atoms with van der Waals surface area (Å²) in [5, 5.41) is 2.92. The van der Waals surface area contributed by atoms with Crippen LogP contribution >= 0.6 is 0 Å². The molecule has 3 unspecified atom stereocenters. The molecule has 0 aromatic rings. The third kappa shape index (κ3) is 2.68. The predicted octanol–water partition coefficient (Wildman–Crippen LogP) is 1.17. The second-order valence-corrected chi connectivity index (χ2v) is 6.55. The number of hydrogen-bond donors (Lipinski definition) is 1. The molecule has 2 aliphatic rings. The highest BCUT2D eigenvalue weighted by Gasteiger charge is 2.48. The maximum Gasteiger partial charge on any atom is 0.248 e. The molecule has 0 aromatic carbocycles. The normalized spacial score (nSPS) is 34.8. The number of carbonyl (C=O) groups is 2. The summed E-state index contributed by atoms with van der Waals surface area (Å²) < 4.78 is 5.40. The Balaban J connectivity index is 2.23. The van der Waals surface area contributed by atoms with Gasteiger partial charge in [-0.2, -0.15) is 0 Å². The molecule has 2 fully saturated rings. The fourth-order valence-corrected chi connectivity index (χ4v) is 3.09. The van der Waals surface area contributed by atoms with E-state index in [2.05, 4.69) is 5.32 Å². The molecule has 5 nitrogen and oxygen atoms in total. The van der Waals surface area contributed by atoms with Crippen LogP contribution < -0.4 is 5.32 Å². The second kappa shape index (κ2) is 5.72. The first kappa shape index (κ1) is 15.3. The predicted molar refractivity (Wildman–Crippen MR) is 76.1 cm³/mol. The Hall–Kier alpha value is -1.10. The highest BCUT2D eigenvalue weighted by atomic mass is 16.5. The first-order valence-electron chi connectivity index (χ1n) is 7.60. The minimum Gasteiger partial charge on any atom is -0.381 e. The van der Waals surface area contributed by atoms with E-state index in [9.17, 15) is 9.59 Å². The maximum absolute atomic E-state index is 12.8. The van der Waals surface area contributed by atoms with Crippen LogP contribution in [0.25, 0.3) is 0 Å². The molecule has 2 heterocycles. The summed E-state index contributed by atoms with van der Waals surface area (Å²) in [7, 11) is 0. The van der Waals surface area contributed by atoms with E-state index in [0.29, 0.717) is 25.5 Å². The SMILES string of the molecule is CCC1(C)NC(=O)C(C(C)C)N(CC2CCOC2)C1=O. The zero-order chi connectivity index (χ0) is 14.9. The summed E-state index contributed by atoms with van der Waals surface area (Å²) in [5.41, 5.74) is -0.762. The average molecular weight is 282 g/mol. The molecule has 0 spiro atoms. The van der Waals surface area contributed by atoms with Gasteiger partial charge < -0.3 is 15.0 Å². The van der Waals surface area contributed by atoms with Gasteiger partial charge >= 0.3 is 0 Å². The molecule has 20 heavy (non-hydrogen) atoms. The van der Waals surface area contributed by atoms with Crippen LogP contribution in [0.4, 0.5) is 0 Å². The number of rotatable bonds is 4. The van der Waals surface area contributed by atoms with E-state index in [-0.39, 0.29) is 23.8 Å². The molecule has 1 N–H and O–H groups in total. The van der Waals surface area contributed by atoms with Gasteiger partial charge in [0.15, 0.2) is 0 Å². The molecule has 2 aliphatic heterocycles. The zero-order valence-corrected chi connectivity index (χ0v) is 12.9. The van der Waals surface area contributed by atoms with Crippen LogP contribution in [-0.4, -0.2) is 48.1 Å². The van der Waals surface area contributed by atoms with Crippen LogP contribution in [0.2, 0.25) is 0 Å². The van der Waals surface area contributed by atoms with Gasteiger partial charge in [-0.05, 0) is 25.7 Å². The van der Waals surface area contributed by atoms with Gasteiger partial charge in [0.05, 0.1) is 6.61 Å². The van der Waals surface area contributed by atoms with Gasteiger partial charge in [-0.15, -0.1) is 0 Å². The molecule has 0 aliphatic carbocycles. The molecular formula is C15H26N2O3. The number of hydrogen-bond acceptors (Lipinski definition) is 3. The van der Waals surface area contributed by atoms with Crippen molar-refractivity contribution in [1.82, 2.24) is 10.2 Å². The average Bonchev–Trinajstić information content (AvgIpc) is 2.88. The van der Waals surface area contributed by atoms with E-state index in [1.807, 2.05) is 27.7 Å². The number of piperazine rings is 1. The summed E-state index contributed by atoms with van der Waals surface area (Å²) in [4.78, 5) is 27.0. The number of nitrogens with zero attached hydrogens (tertiary/aromatic N) is 1. The van der Waals surface area contributed by atoms with Gasteiger partial charge in [-0.3, -0.25) is 9.59 Å². The van der Waals surface area contributed by atoms with Crippen molar-refractivity contribution in [2.24, 2.45) is 11.8 Å². The molecule has 0 bridgehead atoms. The minimum absolute atomic E-state index is 0.0251. The molecular weight excluding hydrogens is 256 g/mol. The molecule has 114 valence electrons. The molecule has 0 radical (unpaired) electrons. The van der Waals surface area contributed by atoms with Crippen LogP contribution in [-0.2, 0) is 14.3 Å². The Bertz CT molecular complexity index is 391. The molecule has 0 saturated carbocycles. The van der Waals surface area contributed by atoms with Crippen molar-refractivity contribution in [1.29, 1.82) is 0 Å². The van der Waals surface area contributed by atoms with Gasteiger partial charge in [0, 0.05) is 19.1 Å². The summed E-state index contributed by atoms with van der Waals surface area (Å²) >= 11 is 0. The summed E-state index contributed by atoms with van der Waals surface area (Å²) in [6.07, 6.45) is 1.58. The fraction of sp³-hybridized carbons (Fsp3) is 0.867. The van der Waals surface area contributed by atoms with Crippen LogP contribution in [0.5, 0.6) is 0 Å². The molecule has 3 atom stereocenters. The lowest BCUT2D eigenvalue weighted by Gasteiger charge is -2.46. The first-order valence-corrected chi connectivity index (χ1v) is 7.60. The Labute approximate surface area is 121 Å². The summed E-state index contributed by atoms with van der Waals surface area (Å²) in [6.45, 7) is 9.82. The van der Waals surface area contributed by atoms with E-state index in [0.717, 1.165) is 13.0 Å². The molecule has 0 aromatic heterocycles. The number of nitrogens with one attached hydrogen (secondary N) is 1. The van der Waals surface area contributed by atoms with Gasteiger partial charge in [0.2, 0.25) is 11.8 Å². The van der Waals surface area contributed by atoms with Gasteiger partial charge in [0.25, 0.3) is 0 Å². The topological polar surface area (TPSA) is 58.6 Å². The van der Waals surface area contributed by atoms with Crippen LogP contribution in [0.15, 0.2) is 0 Å². The Morgan fingerprint density at radius 1 is 1.45 bits per heavy atom. The van der Waals surface area contributed by atoms with Crippen molar-refractivity contribution in [2.45, 2.75) is 52.1 Å². The Morgan fingerprint density at radius 2 is 2.15 bits per heavy atom. The Kier molecular flexibility index (Phi) is 4.37. The van der Waals surface area contributed by atoms with Crippen molar-refractivity contribution in [2.75, 3.05) is 19.8 Å². The fourth-order valence-electron chi connectivity index (χ4n) is 3.09. The number of carbonyl (C=O) groups excluding carboxylic acids is 2. The van der Waals surface area contributed by atoms with Crippen molar-refractivity contribution in [3.05, 3.63) is 0 Å². The molecule has 2 saturated heterocycles. The van der Waals surface area contributed by atoms with E-state index < -0.39 is 5.54 Å². The van der Waals surface area contributed by atoms with Crippen LogP contribution in [0, 0.1) is 11.8 Å². The number of amides is 2. The van der Waals surface area contributed by atoms with Gasteiger partial charge in [-0.25, -0.2) is 0 Å². The first-order chi connectivity index (χ1) is 9.39. The lowest BCUT2D eigenvalue weighted by Crippen LogP contribution is -2.70. The van der Waals surface area contributed by atoms with Crippen molar-refractivity contribution in [3.63, 3.8) is 0 Å². The quantitative estimate of drug-likeness (QED) is 0.842. The van der Waals surface area contributed by atoms with Gasteiger partial charge in [0.1, 0.15) is 11.6 Å². The van der Waals surface area contributed by atoms with E-state index >= 15 is 0 Å². The van der Waals surface area contributed by atoms with Crippen molar-refractivity contribution < 1.29 is 14.3 Å². The highest BCUT2D eigenvalue weighted by molar-refractivity contribution is 5.99. The molecule has 2 amide bonds. The molecule has 2 rings (SSSR count). The standard InChI is InChI=1S/C15H26N2O3/c1-5-15(4)14(19)17(8-11-6-7-20-9-11)12(10(2)3)13(18)16-15/h10-12H,5-9H2,1-4H3,(H,16,18). The second-order valence-electron chi connectivity index (χ2n) is 6.55. The van der Waals surface area contributed by atoms with E-state index in [1.54, 1.807) is 4.90 Å². The third-order valence-electron chi connectivity index (χ3n) is 4.55. The Morgan fingerprint density at radius 3 is 2.65 bits per heavy atom. The minimum atomic E-state index is -0.762. The van der Waals surface area contributed by atoms with Crippen molar-refractivity contribution in [3.8, 4) is 0 Å². The lowest BCUT2D eigenvalue weighted by molar-refractivity contribution is -0.157. The highest BCUT2D eigenvalue weighted by Crippen LogP contribution is 2.27.